The number of piperidine rings is 1. The van der Waals surface area contributed by atoms with Crippen molar-refractivity contribution in [3.8, 4) is 17.2 Å². The highest BCUT2D eigenvalue weighted by molar-refractivity contribution is 5.98. The molecule has 3 aromatic rings. The first-order valence-corrected chi connectivity index (χ1v) is 11.6. The maximum absolute atomic E-state index is 13.0. The zero-order valence-electron chi connectivity index (χ0n) is 20.0. The molecule has 1 aliphatic rings. The second-order valence-corrected chi connectivity index (χ2v) is 8.61. The summed E-state index contributed by atoms with van der Waals surface area (Å²) in [6.07, 6.45) is 4.74. The van der Waals surface area contributed by atoms with Crippen molar-refractivity contribution in [1.29, 1.82) is 0 Å². The summed E-state index contributed by atoms with van der Waals surface area (Å²) < 4.78 is 21.5. The van der Waals surface area contributed by atoms with Crippen LogP contribution in [0.4, 0.5) is 0 Å². The van der Waals surface area contributed by atoms with E-state index >= 15 is 0 Å². The lowest BCUT2D eigenvalue weighted by Crippen LogP contribution is -2.37. The predicted octanol–water partition coefficient (Wildman–Crippen LogP) is 4.35. The Bertz CT molecular complexity index is 1190. The van der Waals surface area contributed by atoms with Gasteiger partial charge in [0.15, 0.2) is 22.7 Å². The molecule has 34 heavy (non-hydrogen) atoms. The van der Waals surface area contributed by atoms with E-state index in [9.17, 15) is 9.59 Å². The number of fused-ring (bicyclic) bond motifs is 1. The van der Waals surface area contributed by atoms with Gasteiger partial charge in [0.2, 0.25) is 0 Å². The maximum Gasteiger partial charge on any atom is 0.195 e. The molecule has 1 fully saturated rings. The first kappa shape index (κ1) is 23.8. The minimum absolute atomic E-state index is 0.0361. The minimum Gasteiger partial charge on any atom is -0.497 e. The average Bonchev–Trinajstić information content (AvgIpc) is 2.89. The van der Waals surface area contributed by atoms with Gasteiger partial charge in [-0.3, -0.25) is 9.59 Å². The number of carbonyl (C=O) groups excluding carboxylic acids is 1. The molecule has 0 spiro atoms. The molecule has 2 aromatic carbocycles. The highest BCUT2D eigenvalue weighted by Gasteiger charge is 2.25. The Kier molecular flexibility index (Phi) is 7.53. The van der Waals surface area contributed by atoms with Crippen molar-refractivity contribution in [2.45, 2.75) is 25.7 Å². The summed E-state index contributed by atoms with van der Waals surface area (Å²) in [6.45, 7) is 2.65. The molecule has 1 aromatic heterocycles. The number of hydrogen-bond acceptors (Lipinski definition) is 7. The van der Waals surface area contributed by atoms with E-state index in [0.29, 0.717) is 34.5 Å². The van der Waals surface area contributed by atoms with Crippen LogP contribution in [-0.2, 0) is 6.42 Å². The number of rotatable bonds is 9. The fourth-order valence-corrected chi connectivity index (χ4v) is 4.57. The molecule has 2 heterocycles. The average molecular weight is 466 g/mol. The Labute approximate surface area is 199 Å². The first-order chi connectivity index (χ1) is 16.5. The molecule has 0 N–H and O–H groups in total. The second-order valence-electron chi connectivity index (χ2n) is 8.61. The van der Waals surface area contributed by atoms with Gasteiger partial charge in [0.05, 0.1) is 33.0 Å². The Morgan fingerprint density at radius 3 is 2.32 bits per heavy atom. The van der Waals surface area contributed by atoms with Crippen LogP contribution in [0.15, 0.2) is 51.9 Å². The molecule has 1 aliphatic heterocycles. The van der Waals surface area contributed by atoms with Crippen LogP contribution in [0.1, 0.15) is 35.2 Å². The molecule has 0 radical (unpaired) electrons. The number of methoxy groups -OCH3 is 3. The summed E-state index contributed by atoms with van der Waals surface area (Å²) in [7, 11) is 4.71. The third kappa shape index (κ3) is 5.09. The molecule has 0 amide bonds. The van der Waals surface area contributed by atoms with Gasteiger partial charge in [-0.25, -0.2) is 0 Å². The van der Waals surface area contributed by atoms with Crippen molar-refractivity contribution >= 4 is 16.8 Å². The lowest BCUT2D eigenvalue weighted by molar-refractivity contribution is 0.0839. The predicted molar refractivity (Wildman–Crippen MR) is 130 cm³/mol. The summed E-state index contributed by atoms with van der Waals surface area (Å²) in [5.74, 6) is 2.06. The lowest BCUT2D eigenvalue weighted by atomic mass is 9.89. The highest BCUT2D eigenvalue weighted by Crippen LogP contribution is 2.31. The third-order valence-corrected chi connectivity index (χ3v) is 6.60. The Hall–Kier alpha value is -3.32. The minimum atomic E-state index is -0.0361. The van der Waals surface area contributed by atoms with Crippen LogP contribution >= 0.6 is 0 Å². The van der Waals surface area contributed by atoms with E-state index in [-0.39, 0.29) is 17.1 Å². The van der Waals surface area contributed by atoms with Crippen LogP contribution in [0, 0.1) is 5.92 Å². The summed E-state index contributed by atoms with van der Waals surface area (Å²) in [6, 6.07) is 10.7. The Morgan fingerprint density at radius 2 is 1.68 bits per heavy atom. The molecule has 0 atom stereocenters. The fourth-order valence-electron chi connectivity index (χ4n) is 4.57. The van der Waals surface area contributed by atoms with Crippen LogP contribution in [0.2, 0.25) is 0 Å². The van der Waals surface area contributed by atoms with E-state index in [0.717, 1.165) is 50.2 Å². The smallest absolute Gasteiger partial charge is 0.195 e. The van der Waals surface area contributed by atoms with Crippen molar-refractivity contribution in [1.82, 2.24) is 4.90 Å². The van der Waals surface area contributed by atoms with Crippen molar-refractivity contribution in [3.05, 3.63) is 64.0 Å². The number of ether oxygens (including phenoxy) is 3. The molecule has 7 nitrogen and oxygen atoms in total. The topological polar surface area (TPSA) is 78.2 Å². The second kappa shape index (κ2) is 10.7. The van der Waals surface area contributed by atoms with Crippen LogP contribution in [0.3, 0.4) is 0 Å². The van der Waals surface area contributed by atoms with Crippen molar-refractivity contribution in [2.24, 2.45) is 5.92 Å². The molecule has 0 saturated carbocycles. The van der Waals surface area contributed by atoms with Gasteiger partial charge in [-0.05, 0) is 75.6 Å². The largest absolute Gasteiger partial charge is 0.497 e. The number of aryl methyl sites for hydroxylation is 1. The number of likely N-dealkylation sites (tertiary alicyclic amines) is 1. The quantitative estimate of drug-likeness (QED) is 0.435. The molecule has 0 bridgehead atoms. The summed E-state index contributed by atoms with van der Waals surface area (Å²) in [4.78, 5) is 28.1. The number of carbonyl (C=O) groups is 1. The van der Waals surface area contributed by atoms with Crippen molar-refractivity contribution < 1.29 is 23.4 Å². The number of benzene rings is 2. The Morgan fingerprint density at radius 1 is 1.00 bits per heavy atom. The van der Waals surface area contributed by atoms with Gasteiger partial charge in [0.25, 0.3) is 0 Å². The van der Waals surface area contributed by atoms with E-state index in [1.807, 2.05) is 24.3 Å². The van der Waals surface area contributed by atoms with Gasteiger partial charge in [-0.15, -0.1) is 0 Å². The molecule has 4 rings (SSSR count). The van der Waals surface area contributed by atoms with E-state index in [2.05, 4.69) is 4.90 Å². The zero-order chi connectivity index (χ0) is 24.1. The van der Waals surface area contributed by atoms with E-state index < -0.39 is 0 Å². The normalized spacial score (nSPS) is 14.8. The molecular weight excluding hydrogens is 434 g/mol. The van der Waals surface area contributed by atoms with Gasteiger partial charge in [-0.2, -0.15) is 0 Å². The van der Waals surface area contributed by atoms with E-state index in [1.54, 1.807) is 39.7 Å². The van der Waals surface area contributed by atoms with E-state index in [4.69, 9.17) is 18.6 Å². The van der Waals surface area contributed by atoms with Crippen molar-refractivity contribution in [3.63, 3.8) is 0 Å². The summed E-state index contributed by atoms with van der Waals surface area (Å²) in [5, 5.41) is 0.494. The SMILES string of the molecule is COc1ccc(C(=O)C2CCN(CCCc3coc4cc(OC)c(OC)cc4c3=O)CC2)cc1. The fraction of sp³-hybridized carbons (Fsp3) is 0.407. The van der Waals surface area contributed by atoms with Gasteiger partial charge < -0.3 is 23.5 Å². The molecule has 0 aliphatic carbocycles. The summed E-state index contributed by atoms with van der Waals surface area (Å²) >= 11 is 0. The van der Waals surface area contributed by atoms with Crippen LogP contribution in [0.25, 0.3) is 11.0 Å². The van der Waals surface area contributed by atoms with E-state index in [1.165, 1.54) is 0 Å². The molecule has 1 saturated heterocycles. The number of ketones is 1. The molecule has 0 unspecified atom stereocenters. The van der Waals surface area contributed by atoms with Crippen molar-refractivity contribution in [2.75, 3.05) is 41.0 Å². The molecule has 7 heteroatoms. The lowest BCUT2D eigenvalue weighted by Gasteiger charge is -2.31. The molecule has 180 valence electrons. The molecular formula is C27H31NO6. The summed E-state index contributed by atoms with van der Waals surface area (Å²) in [5.41, 5.74) is 1.85. The highest BCUT2D eigenvalue weighted by atomic mass is 16.5. The zero-order valence-corrected chi connectivity index (χ0v) is 20.0. The standard InChI is InChI=1S/C27H31NO6/c1-31-21-8-6-18(7-9-21)26(29)19-10-13-28(14-11-19)12-4-5-20-17-34-23-16-25(33-3)24(32-2)15-22(23)27(20)30/h6-9,15-17,19H,4-5,10-14H2,1-3H3. The van der Waals surface area contributed by atoms with Gasteiger partial charge in [-0.1, -0.05) is 0 Å². The third-order valence-electron chi connectivity index (χ3n) is 6.60. The van der Waals surface area contributed by atoms with Gasteiger partial charge in [0.1, 0.15) is 11.3 Å². The number of hydrogen-bond donors (Lipinski definition) is 0. The first-order valence-electron chi connectivity index (χ1n) is 11.6. The van der Waals surface area contributed by atoms with Crippen LogP contribution < -0.4 is 19.6 Å². The number of nitrogens with zero attached hydrogens (tertiary/aromatic N) is 1. The van der Waals surface area contributed by atoms with Gasteiger partial charge >= 0.3 is 0 Å². The Balaban J connectivity index is 1.31. The number of Topliss-reactive ketones (excluding diaryl/α,β-unsaturated/α-hetero) is 1. The van der Waals surface area contributed by atoms with Crippen LogP contribution in [-0.4, -0.2) is 51.6 Å². The van der Waals surface area contributed by atoms with Crippen LogP contribution in [0.5, 0.6) is 17.2 Å². The monoisotopic (exact) mass is 465 g/mol. The van der Waals surface area contributed by atoms with Gasteiger partial charge in [0, 0.05) is 23.1 Å². The maximum atomic E-state index is 13.0.